The van der Waals surface area contributed by atoms with E-state index >= 15 is 0 Å². The van der Waals surface area contributed by atoms with Gasteiger partial charge in [0.25, 0.3) is 0 Å². The SMILES string of the molecule is CCS(=O)(=O)Nc1ccc(Cl)c(C)c1. The van der Waals surface area contributed by atoms with Gasteiger partial charge >= 0.3 is 0 Å². The van der Waals surface area contributed by atoms with Crippen LogP contribution in [0.25, 0.3) is 0 Å². The fourth-order valence-electron chi connectivity index (χ4n) is 0.960. The Labute approximate surface area is 89.1 Å². The Hall–Kier alpha value is -0.740. The van der Waals surface area contributed by atoms with E-state index in [1.165, 1.54) is 0 Å². The van der Waals surface area contributed by atoms with Crippen molar-refractivity contribution >= 4 is 27.3 Å². The van der Waals surface area contributed by atoms with Crippen LogP contribution in [-0.2, 0) is 10.0 Å². The number of nitrogens with one attached hydrogen (secondary N) is 1. The van der Waals surface area contributed by atoms with E-state index in [4.69, 9.17) is 11.6 Å². The lowest BCUT2D eigenvalue weighted by Crippen LogP contribution is -2.14. The topological polar surface area (TPSA) is 46.2 Å². The third kappa shape index (κ3) is 2.89. The van der Waals surface area contributed by atoms with Crippen molar-refractivity contribution in [3.05, 3.63) is 28.8 Å². The van der Waals surface area contributed by atoms with Gasteiger partial charge in [-0.3, -0.25) is 4.72 Å². The summed E-state index contributed by atoms with van der Waals surface area (Å²) in [6, 6.07) is 5.02. The van der Waals surface area contributed by atoms with Gasteiger partial charge in [0.2, 0.25) is 10.0 Å². The number of hydrogen-bond donors (Lipinski definition) is 1. The van der Waals surface area contributed by atoms with Gasteiger partial charge in [0.05, 0.1) is 5.75 Å². The molecule has 1 aromatic rings. The van der Waals surface area contributed by atoms with Crippen molar-refractivity contribution in [1.29, 1.82) is 0 Å². The molecule has 1 aromatic carbocycles. The zero-order chi connectivity index (χ0) is 10.8. The Balaban J connectivity index is 2.94. The lowest BCUT2D eigenvalue weighted by atomic mass is 10.2. The van der Waals surface area contributed by atoms with Gasteiger partial charge in [0, 0.05) is 10.7 Å². The molecule has 5 heteroatoms. The molecule has 0 aliphatic carbocycles. The molecule has 0 spiro atoms. The van der Waals surface area contributed by atoms with Crippen molar-refractivity contribution in [2.45, 2.75) is 13.8 Å². The van der Waals surface area contributed by atoms with Crippen LogP contribution in [0, 0.1) is 6.92 Å². The van der Waals surface area contributed by atoms with Gasteiger partial charge in [-0.15, -0.1) is 0 Å². The lowest BCUT2D eigenvalue weighted by molar-refractivity contribution is 0.602. The summed E-state index contributed by atoms with van der Waals surface area (Å²) in [6.45, 7) is 3.41. The van der Waals surface area contributed by atoms with Crippen LogP contribution in [0.1, 0.15) is 12.5 Å². The van der Waals surface area contributed by atoms with Crippen LogP contribution >= 0.6 is 11.6 Å². The molecule has 1 rings (SSSR count). The second-order valence-electron chi connectivity index (χ2n) is 2.97. The largest absolute Gasteiger partial charge is 0.284 e. The summed E-state index contributed by atoms with van der Waals surface area (Å²) in [5, 5.41) is 0.629. The number of benzene rings is 1. The first-order valence-corrected chi connectivity index (χ1v) is 6.24. The third-order valence-electron chi connectivity index (χ3n) is 1.81. The molecule has 78 valence electrons. The highest BCUT2D eigenvalue weighted by atomic mass is 35.5. The van der Waals surface area contributed by atoms with Crippen molar-refractivity contribution < 1.29 is 8.42 Å². The lowest BCUT2D eigenvalue weighted by Gasteiger charge is -2.07. The standard InChI is InChI=1S/C9H12ClNO2S/c1-3-14(12,13)11-8-4-5-9(10)7(2)6-8/h4-6,11H,3H2,1-2H3. The van der Waals surface area contributed by atoms with Gasteiger partial charge in [0.1, 0.15) is 0 Å². The fourth-order valence-corrected chi connectivity index (χ4v) is 1.71. The Morgan fingerprint density at radius 3 is 2.57 bits per heavy atom. The minimum Gasteiger partial charge on any atom is -0.284 e. The summed E-state index contributed by atoms with van der Waals surface area (Å²) < 4.78 is 24.9. The maximum absolute atomic E-state index is 11.2. The summed E-state index contributed by atoms with van der Waals surface area (Å²) in [7, 11) is -3.20. The van der Waals surface area contributed by atoms with Gasteiger partial charge in [-0.2, -0.15) is 0 Å². The van der Waals surface area contributed by atoms with E-state index in [1.807, 2.05) is 6.92 Å². The molecule has 0 unspecified atom stereocenters. The number of sulfonamides is 1. The molecule has 0 aromatic heterocycles. The monoisotopic (exact) mass is 233 g/mol. The van der Waals surface area contributed by atoms with Gasteiger partial charge in [-0.25, -0.2) is 8.42 Å². The smallest absolute Gasteiger partial charge is 0.232 e. The average molecular weight is 234 g/mol. The number of aryl methyl sites for hydroxylation is 1. The summed E-state index contributed by atoms with van der Waals surface area (Å²) in [4.78, 5) is 0. The van der Waals surface area contributed by atoms with E-state index in [-0.39, 0.29) is 5.75 Å². The molecule has 0 heterocycles. The molecule has 0 saturated carbocycles. The van der Waals surface area contributed by atoms with Crippen molar-refractivity contribution in [3.63, 3.8) is 0 Å². The first-order valence-electron chi connectivity index (χ1n) is 4.21. The van der Waals surface area contributed by atoms with Crippen LogP contribution in [0.4, 0.5) is 5.69 Å². The van der Waals surface area contributed by atoms with Crippen molar-refractivity contribution in [2.75, 3.05) is 10.5 Å². The Kier molecular flexibility index (Phi) is 3.39. The summed E-state index contributed by atoms with van der Waals surface area (Å²) in [6.07, 6.45) is 0. The van der Waals surface area contributed by atoms with E-state index in [9.17, 15) is 8.42 Å². The molecule has 3 nitrogen and oxygen atoms in total. The number of rotatable bonds is 3. The average Bonchev–Trinajstić information content (AvgIpc) is 2.11. The molecule has 1 N–H and O–H groups in total. The Morgan fingerprint density at radius 2 is 2.07 bits per heavy atom. The summed E-state index contributed by atoms with van der Waals surface area (Å²) in [5.74, 6) is 0.0642. The molecule has 0 aliphatic rings. The molecule has 0 atom stereocenters. The minimum atomic E-state index is -3.20. The Bertz CT molecular complexity index is 428. The molecule has 0 radical (unpaired) electrons. The zero-order valence-corrected chi connectivity index (χ0v) is 9.61. The van der Waals surface area contributed by atoms with Crippen LogP contribution in [0.5, 0.6) is 0 Å². The normalized spacial score (nSPS) is 11.4. The molecule has 0 bridgehead atoms. The molecular formula is C9H12ClNO2S. The van der Waals surface area contributed by atoms with Gasteiger partial charge in [-0.05, 0) is 37.6 Å². The van der Waals surface area contributed by atoms with Crippen LogP contribution in [0.15, 0.2) is 18.2 Å². The summed E-state index contributed by atoms with van der Waals surface area (Å²) >= 11 is 5.81. The van der Waals surface area contributed by atoms with Crippen LogP contribution in [0.3, 0.4) is 0 Å². The van der Waals surface area contributed by atoms with E-state index < -0.39 is 10.0 Å². The number of anilines is 1. The molecule has 14 heavy (non-hydrogen) atoms. The van der Waals surface area contributed by atoms with E-state index in [2.05, 4.69) is 4.72 Å². The maximum Gasteiger partial charge on any atom is 0.232 e. The highest BCUT2D eigenvalue weighted by molar-refractivity contribution is 7.92. The van der Waals surface area contributed by atoms with E-state index in [0.717, 1.165) is 5.56 Å². The van der Waals surface area contributed by atoms with Gasteiger partial charge in [0.15, 0.2) is 0 Å². The number of hydrogen-bond acceptors (Lipinski definition) is 2. The molecular weight excluding hydrogens is 222 g/mol. The first kappa shape index (κ1) is 11.3. The third-order valence-corrected chi connectivity index (χ3v) is 3.54. The predicted molar refractivity (Wildman–Crippen MR) is 59.3 cm³/mol. The van der Waals surface area contributed by atoms with Crippen LogP contribution < -0.4 is 4.72 Å². The molecule has 0 saturated heterocycles. The second kappa shape index (κ2) is 4.19. The van der Waals surface area contributed by atoms with Crippen molar-refractivity contribution in [2.24, 2.45) is 0 Å². The summed E-state index contributed by atoms with van der Waals surface area (Å²) in [5.41, 5.74) is 1.40. The van der Waals surface area contributed by atoms with Gasteiger partial charge in [-0.1, -0.05) is 11.6 Å². The maximum atomic E-state index is 11.2. The molecule has 0 aliphatic heterocycles. The minimum absolute atomic E-state index is 0.0642. The first-order chi connectivity index (χ1) is 6.44. The predicted octanol–water partition coefficient (Wildman–Crippen LogP) is 2.41. The molecule has 0 amide bonds. The second-order valence-corrected chi connectivity index (χ2v) is 5.39. The molecule has 0 fully saturated rings. The van der Waals surface area contributed by atoms with E-state index in [0.29, 0.717) is 10.7 Å². The Morgan fingerprint density at radius 1 is 1.43 bits per heavy atom. The van der Waals surface area contributed by atoms with Gasteiger partial charge < -0.3 is 0 Å². The number of halogens is 1. The van der Waals surface area contributed by atoms with Crippen molar-refractivity contribution in [3.8, 4) is 0 Å². The quantitative estimate of drug-likeness (QED) is 0.872. The highest BCUT2D eigenvalue weighted by Gasteiger charge is 2.06. The van der Waals surface area contributed by atoms with Crippen molar-refractivity contribution in [1.82, 2.24) is 0 Å². The zero-order valence-electron chi connectivity index (χ0n) is 8.04. The van der Waals surface area contributed by atoms with Crippen LogP contribution in [0.2, 0.25) is 5.02 Å². The fraction of sp³-hybridized carbons (Fsp3) is 0.333. The highest BCUT2D eigenvalue weighted by Crippen LogP contribution is 2.20. The van der Waals surface area contributed by atoms with E-state index in [1.54, 1.807) is 25.1 Å². The van der Waals surface area contributed by atoms with Crippen LogP contribution in [-0.4, -0.2) is 14.2 Å².